The van der Waals surface area contributed by atoms with Crippen LogP contribution < -0.4 is 5.73 Å². The minimum atomic E-state index is -0.0534. The SMILES string of the molecule is CCN(CC)C(=O)c1cc(-n2ccnc2CCN)ccn1. The van der Waals surface area contributed by atoms with Crippen molar-refractivity contribution in [2.45, 2.75) is 20.3 Å². The molecule has 0 aliphatic heterocycles. The van der Waals surface area contributed by atoms with E-state index in [9.17, 15) is 4.79 Å². The second-order valence-electron chi connectivity index (χ2n) is 4.63. The van der Waals surface area contributed by atoms with Crippen molar-refractivity contribution in [1.82, 2.24) is 19.4 Å². The van der Waals surface area contributed by atoms with E-state index in [2.05, 4.69) is 9.97 Å². The van der Waals surface area contributed by atoms with Gasteiger partial charge < -0.3 is 15.2 Å². The summed E-state index contributed by atoms with van der Waals surface area (Å²) < 4.78 is 1.94. The van der Waals surface area contributed by atoms with E-state index in [1.165, 1.54) is 0 Å². The van der Waals surface area contributed by atoms with Gasteiger partial charge in [0.2, 0.25) is 0 Å². The molecule has 112 valence electrons. The van der Waals surface area contributed by atoms with Gasteiger partial charge in [-0.3, -0.25) is 9.78 Å². The summed E-state index contributed by atoms with van der Waals surface area (Å²) in [4.78, 5) is 22.6. The molecule has 0 radical (unpaired) electrons. The number of hydrogen-bond donors (Lipinski definition) is 1. The van der Waals surface area contributed by atoms with Crippen LogP contribution in [0.25, 0.3) is 5.69 Å². The van der Waals surface area contributed by atoms with Gasteiger partial charge in [-0.25, -0.2) is 4.98 Å². The molecule has 6 nitrogen and oxygen atoms in total. The third kappa shape index (κ3) is 3.28. The van der Waals surface area contributed by atoms with E-state index in [-0.39, 0.29) is 5.91 Å². The van der Waals surface area contributed by atoms with Crippen LogP contribution in [0.5, 0.6) is 0 Å². The van der Waals surface area contributed by atoms with Gasteiger partial charge in [-0.2, -0.15) is 0 Å². The van der Waals surface area contributed by atoms with E-state index in [0.717, 1.165) is 11.5 Å². The standard InChI is InChI=1S/C15H21N5O/c1-3-19(4-2)15(21)13-11-12(6-8-17-13)20-10-9-18-14(20)5-7-16/h6,8-11H,3-5,7,16H2,1-2H3. The van der Waals surface area contributed by atoms with Crippen molar-refractivity contribution in [3.05, 3.63) is 42.2 Å². The number of nitrogens with zero attached hydrogens (tertiary/aromatic N) is 4. The number of amides is 1. The summed E-state index contributed by atoms with van der Waals surface area (Å²) in [6.45, 7) is 5.80. The lowest BCUT2D eigenvalue weighted by atomic mass is 10.2. The van der Waals surface area contributed by atoms with Gasteiger partial charge >= 0.3 is 0 Å². The number of nitrogens with two attached hydrogens (primary N) is 1. The molecule has 0 saturated carbocycles. The summed E-state index contributed by atoms with van der Waals surface area (Å²) in [6, 6.07) is 3.66. The second-order valence-corrected chi connectivity index (χ2v) is 4.63. The van der Waals surface area contributed by atoms with Crippen LogP contribution in [-0.2, 0) is 6.42 Å². The summed E-state index contributed by atoms with van der Waals surface area (Å²) in [7, 11) is 0. The summed E-state index contributed by atoms with van der Waals surface area (Å²) >= 11 is 0. The molecule has 0 saturated heterocycles. The Bertz CT molecular complexity index is 604. The average Bonchev–Trinajstić information content (AvgIpc) is 2.97. The Morgan fingerprint density at radius 2 is 2.05 bits per heavy atom. The van der Waals surface area contributed by atoms with Crippen molar-refractivity contribution in [3.63, 3.8) is 0 Å². The fourth-order valence-corrected chi connectivity index (χ4v) is 2.24. The zero-order chi connectivity index (χ0) is 15.2. The highest BCUT2D eigenvalue weighted by Crippen LogP contribution is 2.13. The molecule has 2 heterocycles. The first-order valence-electron chi connectivity index (χ1n) is 7.19. The Kier molecular flexibility index (Phi) is 5.05. The minimum absolute atomic E-state index is 0.0534. The molecule has 0 unspecified atom stereocenters. The Hall–Kier alpha value is -2.21. The largest absolute Gasteiger partial charge is 0.338 e. The molecule has 21 heavy (non-hydrogen) atoms. The maximum Gasteiger partial charge on any atom is 0.272 e. The highest BCUT2D eigenvalue weighted by atomic mass is 16.2. The van der Waals surface area contributed by atoms with Crippen LogP contribution in [0.1, 0.15) is 30.2 Å². The summed E-state index contributed by atoms with van der Waals surface area (Å²) in [5.74, 6) is 0.826. The fourth-order valence-electron chi connectivity index (χ4n) is 2.24. The first kappa shape index (κ1) is 15.2. The number of hydrogen-bond acceptors (Lipinski definition) is 4. The lowest BCUT2D eigenvalue weighted by Gasteiger charge is -2.18. The molecule has 2 rings (SSSR count). The quantitative estimate of drug-likeness (QED) is 0.867. The monoisotopic (exact) mass is 287 g/mol. The highest BCUT2D eigenvalue weighted by Gasteiger charge is 2.15. The van der Waals surface area contributed by atoms with Gasteiger partial charge in [-0.15, -0.1) is 0 Å². The predicted molar refractivity (Wildman–Crippen MR) is 81.4 cm³/mol. The first-order valence-corrected chi connectivity index (χ1v) is 7.19. The zero-order valence-corrected chi connectivity index (χ0v) is 12.5. The van der Waals surface area contributed by atoms with Gasteiger partial charge in [0.05, 0.1) is 5.69 Å². The molecule has 0 aliphatic rings. The van der Waals surface area contributed by atoms with Gasteiger partial charge in [0.1, 0.15) is 11.5 Å². The average molecular weight is 287 g/mol. The Labute approximate surface area is 124 Å². The van der Waals surface area contributed by atoms with Crippen LogP contribution in [0.3, 0.4) is 0 Å². The van der Waals surface area contributed by atoms with Gasteiger partial charge in [0.15, 0.2) is 0 Å². The van der Waals surface area contributed by atoms with E-state index >= 15 is 0 Å². The molecular weight excluding hydrogens is 266 g/mol. The molecule has 0 bridgehead atoms. The molecule has 0 spiro atoms. The molecule has 6 heteroatoms. The zero-order valence-electron chi connectivity index (χ0n) is 12.5. The van der Waals surface area contributed by atoms with Crippen LogP contribution in [-0.4, -0.2) is 45.0 Å². The summed E-state index contributed by atoms with van der Waals surface area (Å²) in [5.41, 5.74) is 6.92. The summed E-state index contributed by atoms with van der Waals surface area (Å²) in [5, 5.41) is 0. The lowest BCUT2D eigenvalue weighted by molar-refractivity contribution is 0.0767. The van der Waals surface area contributed by atoms with E-state index in [1.807, 2.05) is 30.7 Å². The molecule has 2 aromatic rings. The van der Waals surface area contributed by atoms with Gasteiger partial charge in [-0.05, 0) is 32.5 Å². The van der Waals surface area contributed by atoms with Gasteiger partial charge in [-0.1, -0.05) is 0 Å². The Balaban J connectivity index is 2.33. The lowest BCUT2D eigenvalue weighted by Crippen LogP contribution is -2.31. The predicted octanol–water partition coefficient (Wildman–Crippen LogP) is 1.25. The molecule has 0 aliphatic carbocycles. The van der Waals surface area contributed by atoms with Crippen LogP contribution in [0.15, 0.2) is 30.7 Å². The topological polar surface area (TPSA) is 77.0 Å². The molecule has 2 aromatic heterocycles. The Morgan fingerprint density at radius 1 is 1.29 bits per heavy atom. The normalized spacial score (nSPS) is 10.6. The van der Waals surface area contributed by atoms with E-state index < -0.39 is 0 Å². The van der Waals surface area contributed by atoms with Crippen LogP contribution in [0, 0.1) is 0 Å². The van der Waals surface area contributed by atoms with Gasteiger partial charge in [0.25, 0.3) is 5.91 Å². The fraction of sp³-hybridized carbons (Fsp3) is 0.400. The number of aromatic nitrogens is 3. The van der Waals surface area contributed by atoms with Crippen molar-refractivity contribution in [2.24, 2.45) is 5.73 Å². The van der Waals surface area contributed by atoms with E-state index in [0.29, 0.717) is 31.7 Å². The third-order valence-electron chi connectivity index (χ3n) is 3.38. The van der Waals surface area contributed by atoms with E-state index in [4.69, 9.17) is 5.73 Å². The molecule has 2 N–H and O–H groups in total. The molecular formula is C15H21N5O. The van der Waals surface area contributed by atoms with Crippen molar-refractivity contribution in [3.8, 4) is 5.69 Å². The molecule has 0 atom stereocenters. The van der Waals surface area contributed by atoms with Crippen LogP contribution in [0.4, 0.5) is 0 Å². The second kappa shape index (κ2) is 6.99. The van der Waals surface area contributed by atoms with Gasteiger partial charge in [0, 0.05) is 38.1 Å². The molecule has 0 fully saturated rings. The van der Waals surface area contributed by atoms with Crippen molar-refractivity contribution >= 4 is 5.91 Å². The van der Waals surface area contributed by atoms with Crippen LogP contribution in [0.2, 0.25) is 0 Å². The first-order chi connectivity index (χ1) is 10.2. The van der Waals surface area contributed by atoms with Crippen molar-refractivity contribution in [2.75, 3.05) is 19.6 Å². The molecule has 1 amide bonds. The third-order valence-corrected chi connectivity index (χ3v) is 3.38. The van der Waals surface area contributed by atoms with Crippen molar-refractivity contribution < 1.29 is 4.79 Å². The smallest absolute Gasteiger partial charge is 0.272 e. The minimum Gasteiger partial charge on any atom is -0.338 e. The van der Waals surface area contributed by atoms with E-state index in [1.54, 1.807) is 23.4 Å². The number of rotatable bonds is 6. The number of carbonyl (C=O) groups excluding carboxylic acids is 1. The highest BCUT2D eigenvalue weighted by molar-refractivity contribution is 5.92. The maximum atomic E-state index is 12.4. The summed E-state index contributed by atoms with van der Waals surface area (Å²) in [6.07, 6.45) is 5.94. The molecule has 0 aromatic carbocycles. The number of pyridine rings is 1. The number of imidazole rings is 1. The van der Waals surface area contributed by atoms with Crippen molar-refractivity contribution in [1.29, 1.82) is 0 Å². The Morgan fingerprint density at radius 3 is 2.71 bits per heavy atom. The van der Waals surface area contributed by atoms with Crippen LogP contribution >= 0.6 is 0 Å². The number of carbonyl (C=O) groups is 1. The maximum absolute atomic E-state index is 12.4.